The summed E-state index contributed by atoms with van der Waals surface area (Å²) in [7, 11) is -6.40. The topological polar surface area (TPSA) is 110 Å². The first kappa shape index (κ1) is 17.4. The van der Waals surface area contributed by atoms with Crippen LogP contribution in [0.1, 0.15) is 14.4 Å². The van der Waals surface area contributed by atoms with Crippen molar-refractivity contribution in [2.75, 3.05) is 6.54 Å². The van der Waals surface area contributed by atoms with Crippen LogP contribution in [0.15, 0.2) is 0 Å². The molecule has 0 aliphatic rings. The minimum absolute atomic E-state index is 0. The largest absolute Gasteiger partial charge is 0.331 e. The second-order valence-electron chi connectivity index (χ2n) is 1.04. The SMILES string of the molecule is C.CCN.O=[PH](O)O[PH](=O)O. The van der Waals surface area contributed by atoms with E-state index in [-0.39, 0.29) is 7.43 Å². The molecule has 2 atom stereocenters. The Balaban J connectivity index is -0.000000140. The van der Waals surface area contributed by atoms with Crippen LogP contribution in [-0.4, -0.2) is 16.3 Å². The summed E-state index contributed by atoms with van der Waals surface area (Å²) in [5, 5.41) is 0. The van der Waals surface area contributed by atoms with Gasteiger partial charge in [-0.05, 0) is 6.54 Å². The molecular formula is C3H15NO5P2. The van der Waals surface area contributed by atoms with E-state index >= 15 is 0 Å². The van der Waals surface area contributed by atoms with Crippen LogP contribution < -0.4 is 5.73 Å². The molecule has 0 rings (SSSR count). The van der Waals surface area contributed by atoms with Gasteiger partial charge in [0, 0.05) is 0 Å². The van der Waals surface area contributed by atoms with Gasteiger partial charge in [-0.1, -0.05) is 14.4 Å². The Bertz CT molecular complexity index is 106. The van der Waals surface area contributed by atoms with E-state index in [4.69, 9.17) is 15.5 Å². The second-order valence-corrected chi connectivity index (χ2v) is 2.92. The molecule has 72 valence electrons. The third-order valence-corrected chi connectivity index (χ3v) is 1.57. The molecule has 0 heterocycles. The van der Waals surface area contributed by atoms with Gasteiger partial charge in [0.15, 0.2) is 0 Å². The fourth-order valence-corrected chi connectivity index (χ4v) is 0.672. The number of nitrogens with two attached hydrogens (primary N) is 1. The zero-order valence-electron chi connectivity index (χ0n) is 5.40. The molecular weight excluding hydrogens is 192 g/mol. The summed E-state index contributed by atoms with van der Waals surface area (Å²) in [5.74, 6) is 0. The van der Waals surface area contributed by atoms with Crippen LogP contribution in [0.4, 0.5) is 0 Å². The number of hydrogen-bond acceptors (Lipinski definition) is 4. The molecule has 0 aromatic heterocycles. The van der Waals surface area contributed by atoms with Crippen LogP contribution in [0.5, 0.6) is 0 Å². The van der Waals surface area contributed by atoms with Crippen molar-refractivity contribution in [3.05, 3.63) is 0 Å². The monoisotopic (exact) mass is 207 g/mol. The lowest BCUT2D eigenvalue weighted by molar-refractivity contribution is 0.371. The van der Waals surface area contributed by atoms with E-state index in [1.54, 1.807) is 0 Å². The van der Waals surface area contributed by atoms with Crippen molar-refractivity contribution in [2.24, 2.45) is 5.73 Å². The fraction of sp³-hybridized carbons (Fsp3) is 1.00. The van der Waals surface area contributed by atoms with Gasteiger partial charge in [-0.25, -0.2) is 4.31 Å². The van der Waals surface area contributed by atoms with Gasteiger partial charge in [-0.15, -0.1) is 0 Å². The van der Waals surface area contributed by atoms with E-state index in [1.165, 1.54) is 0 Å². The normalized spacial score (nSPS) is 13.5. The summed E-state index contributed by atoms with van der Waals surface area (Å²) in [6, 6.07) is 0. The molecule has 8 heteroatoms. The number of rotatable bonds is 2. The molecule has 0 radical (unpaired) electrons. The molecule has 0 fully saturated rings. The highest BCUT2D eigenvalue weighted by molar-refractivity contribution is 7.46. The Labute approximate surface area is 67.3 Å². The van der Waals surface area contributed by atoms with Crippen LogP contribution in [0, 0.1) is 0 Å². The molecule has 0 spiro atoms. The summed E-state index contributed by atoms with van der Waals surface area (Å²) >= 11 is 0. The molecule has 0 saturated heterocycles. The van der Waals surface area contributed by atoms with Gasteiger partial charge in [0.05, 0.1) is 0 Å². The van der Waals surface area contributed by atoms with Gasteiger partial charge >= 0.3 is 16.5 Å². The van der Waals surface area contributed by atoms with E-state index < -0.39 is 16.5 Å². The van der Waals surface area contributed by atoms with E-state index in [2.05, 4.69) is 4.31 Å². The predicted octanol–water partition coefficient (Wildman–Crippen LogP) is 0.368. The summed E-state index contributed by atoms with van der Waals surface area (Å²) in [5.41, 5.74) is 4.85. The summed E-state index contributed by atoms with van der Waals surface area (Å²) < 4.78 is 22.3. The van der Waals surface area contributed by atoms with Crippen molar-refractivity contribution in [2.45, 2.75) is 14.4 Å². The van der Waals surface area contributed by atoms with Crippen molar-refractivity contribution >= 4 is 16.5 Å². The van der Waals surface area contributed by atoms with Gasteiger partial charge in [0.2, 0.25) is 0 Å². The molecule has 0 saturated carbocycles. The maximum Gasteiger partial charge on any atom is 0.323 e. The molecule has 11 heavy (non-hydrogen) atoms. The average molecular weight is 207 g/mol. The van der Waals surface area contributed by atoms with E-state index in [1.807, 2.05) is 6.92 Å². The van der Waals surface area contributed by atoms with Crippen molar-refractivity contribution in [1.29, 1.82) is 0 Å². The second kappa shape index (κ2) is 12.9. The third kappa shape index (κ3) is 38.4. The van der Waals surface area contributed by atoms with Crippen LogP contribution in [0.2, 0.25) is 0 Å². The Morgan fingerprint density at radius 3 is 1.55 bits per heavy atom. The molecule has 0 aliphatic carbocycles. The zero-order valence-corrected chi connectivity index (χ0v) is 7.40. The molecule has 0 bridgehead atoms. The minimum atomic E-state index is -3.20. The zero-order chi connectivity index (χ0) is 8.57. The van der Waals surface area contributed by atoms with Crippen LogP contribution in [0.25, 0.3) is 0 Å². The van der Waals surface area contributed by atoms with E-state index in [0.29, 0.717) is 0 Å². The highest BCUT2D eigenvalue weighted by atomic mass is 31.2. The first-order valence-electron chi connectivity index (χ1n) is 2.38. The van der Waals surface area contributed by atoms with Crippen molar-refractivity contribution in [3.63, 3.8) is 0 Å². The summed E-state index contributed by atoms with van der Waals surface area (Å²) in [4.78, 5) is 15.4. The Morgan fingerprint density at radius 1 is 1.36 bits per heavy atom. The Morgan fingerprint density at radius 2 is 1.55 bits per heavy atom. The smallest absolute Gasteiger partial charge is 0.323 e. The standard InChI is InChI=1S/C2H7N.CH4.H4O5P2/c1-2-3;;1-6(2)5-7(3)4/h2-3H2,1H3;1H4;6-7H,(H,1,2)(H,3,4). The molecule has 6 nitrogen and oxygen atoms in total. The number of hydrogen-bond donors (Lipinski definition) is 3. The van der Waals surface area contributed by atoms with E-state index in [9.17, 15) is 9.13 Å². The average Bonchev–Trinajstić information content (AvgIpc) is 1.62. The third-order valence-electron chi connectivity index (χ3n) is 0.175. The molecule has 2 unspecified atom stereocenters. The minimum Gasteiger partial charge on any atom is -0.331 e. The van der Waals surface area contributed by atoms with Gasteiger partial charge in [-0.2, -0.15) is 0 Å². The lowest BCUT2D eigenvalue weighted by atomic mass is 10.8. The van der Waals surface area contributed by atoms with Gasteiger partial charge in [0.25, 0.3) is 0 Å². The van der Waals surface area contributed by atoms with Crippen LogP contribution in [-0.2, 0) is 13.4 Å². The molecule has 0 aliphatic heterocycles. The fourth-order valence-electron chi connectivity index (χ4n) is 0.0747. The van der Waals surface area contributed by atoms with Crippen LogP contribution >= 0.6 is 16.5 Å². The summed E-state index contributed by atoms with van der Waals surface area (Å²) in [6.45, 7) is 2.65. The Kier molecular flexibility index (Phi) is 20.5. The van der Waals surface area contributed by atoms with Gasteiger partial charge < -0.3 is 15.5 Å². The van der Waals surface area contributed by atoms with Crippen molar-refractivity contribution in [3.8, 4) is 0 Å². The Hall–Kier alpha value is 0.300. The first-order valence-corrected chi connectivity index (χ1v) is 4.91. The maximum atomic E-state index is 9.44. The van der Waals surface area contributed by atoms with Gasteiger partial charge in [-0.3, -0.25) is 9.13 Å². The van der Waals surface area contributed by atoms with Crippen molar-refractivity contribution < 1.29 is 23.2 Å². The van der Waals surface area contributed by atoms with Crippen molar-refractivity contribution in [1.82, 2.24) is 0 Å². The summed E-state index contributed by atoms with van der Waals surface area (Å²) in [6.07, 6.45) is 0. The van der Waals surface area contributed by atoms with E-state index in [0.717, 1.165) is 6.54 Å². The lowest BCUT2D eigenvalue weighted by Crippen LogP contribution is -1.87. The highest BCUT2D eigenvalue weighted by Gasteiger charge is 1.93. The predicted molar refractivity (Wildman–Crippen MR) is 45.0 cm³/mol. The first-order chi connectivity index (χ1) is 4.54. The maximum absolute atomic E-state index is 9.44. The molecule has 0 aromatic rings. The lowest BCUT2D eigenvalue weighted by Gasteiger charge is -1.86. The molecule has 0 aromatic carbocycles. The molecule has 4 N–H and O–H groups in total. The van der Waals surface area contributed by atoms with Crippen LogP contribution in [0.3, 0.4) is 0 Å². The highest BCUT2D eigenvalue weighted by Crippen LogP contribution is 2.30. The quantitative estimate of drug-likeness (QED) is 0.564. The van der Waals surface area contributed by atoms with Gasteiger partial charge in [0.1, 0.15) is 0 Å². The molecule has 0 amide bonds.